The number of hydrogen-bond donors (Lipinski definition) is 2. The molecular formula is C22H28N2O5S. The van der Waals surface area contributed by atoms with Gasteiger partial charge in [-0.25, -0.2) is 13.2 Å². The fourth-order valence-corrected chi connectivity index (χ4v) is 3.83. The zero-order valence-electron chi connectivity index (χ0n) is 17.5. The van der Waals surface area contributed by atoms with Crippen LogP contribution in [0.4, 0.5) is 5.69 Å². The Labute approximate surface area is 177 Å². The Bertz CT molecular complexity index is 971. The average molecular weight is 433 g/mol. The molecule has 0 aliphatic rings. The molecule has 0 aliphatic carbocycles. The molecule has 162 valence electrons. The van der Waals surface area contributed by atoms with Crippen molar-refractivity contribution in [3.05, 3.63) is 59.7 Å². The van der Waals surface area contributed by atoms with Gasteiger partial charge in [0, 0.05) is 12.2 Å². The summed E-state index contributed by atoms with van der Waals surface area (Å²) < 4.78 is 33.1. The summed E-state index contributed by atoms with van der Waals surface area (Å²) in [6, 6.07) is 12.7. The molecule has 2 N–H and O–H groups in total. The highest BCUT2D eigenvalue weighted by molar-refractivity contribution is 7.92. The largest absolute Gasteiger partial charge is 0.449 e. The second-order valence-corrected chi connectivity index (χ2v) is 8.56. The van der Waals surface area contributed by atoms with Crippen molar-refractivity contribution < 1.29 is 22.7 Å². The number of rotatable bonds is 10. The SMILES string of the molecule is CCCCc1ccc(NS(=O)(=O)c2cccc(C(=O)OC(C)C(=O)NCC)c2)cc1. The smallest absolute Gasteiger partial charge is 0.338 e. The number of carbonyl (C=O) groups is 2. The van der Waals surface area contributed by atoms with Crippen molar-refractivity contribution in [1.82, 2.24) is 5.32 Å². The highest BCUT2D eigenvalue weighted by Crippen LogP contribution is 2.19. The summed E-state index contributed by atoms with van der Waals surface area (Å²) >= 11 is 0. The number of hydrogen-bond acceptors (Lipinski definition) is 5. The molecule has 0 bridgehead atoms. The first kappa shape index (κ1) is 23.4. The molecular weight excluding hydrogens is 404 g/mol. The summed E-state index contributed by atoms with van der Waals surface area (Å²) in [5, 5.41) is 2.56. The first-order chi connectivity index (χ1) is 14.3. The zero-order valence-corrected chi connectivity index (χ0v) is 18.3. The maximum atomic E-state index is 12.7. The van der Waals surface area contributed by atoms with Gasteiger partial charge >= 0.3 is 5.97 Å². The minimum atomic E-state index is -3.89. The molecule has 0 aromatic heterocycles. The van der Waals surface area contributed by atoms with Gasteiger partial charge in [-0.3, -0.25) is 9.52 Å². The molecule has 8 heteroatoms. The molecule has 0 radical (unpaired) electrons. The Kier molecular flexibility index (Phi) is 8.41. The molecule has 1 amide bonds. The van der Waals surface area contributed by atoms with Crippen LogP contribution in [0.5, 0.6) is 0 Å². The number of likely N-dealkylation sites (N-methyl/N-ethyl adjacent to an activating group) is 1. The van der Waals surface area contributed by atoms with Crippen LogP contribution in [0.25, 0.3) is 0 Å². The molecule has 2 aromatic rings. The Morgan fingerprint density at radius 2 is 1.77 bits per heavy atom. The number of unbranched alkanes of at least 4 members (excludes halogenated alkanes) is 1. The van der Waals surface area contributed by atoms with Gasteiger partial charge < -0.3 is 10.1 Å². The van der Waals surface area contributed by atoms with E-state index >= 15 is 0 Å². The van der Waals surface area contributed by atoms with Crippen molar-refractivity contribution in [2.45, 2.75) is 51.0 Å². The van der Waals surface area contributed by atoms with Gasteiger partial charge in [0.05, 0.1) is 10.5 Å². The summed E-state index contributed by atoms with van der Waals surface area (Å²) in [5.41, 5.74) is 1.63. The quantitative estimate of drug-likeness (QED) is 0.560. The van der Waals surface area contributed by atoms with Gasteiger partial charge in [-0.1, -0.05) is 31.5 Å². The number of nitrogens with one attached hydrogen (secondary N) is 2. The van der Waals surface area contributed by atoms with E-state index in [0.717, 1.165) is 24.8 Å². The molecule has 7 nitrogen and oxygen atoms in total. The van der Waals surface area contributed by atoms with Crippen LogP contribution in [0.3, 0.4) is 0 Å². The van der Waals surface area contributed by atoms with Crippen LogP contribution in [-0.4, -0.2) is 32.9 Å². The van der Waals surface area contributed by atoms with Gasteiger partial charge in [0.1, 0.15) is 0 Å². The van der Waals surface area contributed by atoms with Crippen molar-refractivity contribution in [3.63, 3.8) is 0 Å². The molecule has 1 atom stereocenters. The Balaban J connectivity index is 2.11. The van der Waals surface area contributed by atoms with E-state index < -0.39 is 28.0 Å². The third-order valence-corrected chi connectivity index (χ3v) is 5.79. The summed E-state index contributed by atoms with van der Waals surface area (Å²) in [6.07, 6.45) is 2.13. The molecule has 0 spiro atoms. The van der Waals surface area contributed by atoms with Gasteiger partial charge in [0.25, 0.3) is 15.9 Å². The molecule has 0 heterocycles. The minimum Gasteiger partial charge on any atom is -0.449 e. The lowest BCUT2D eigenvalue weighted by Gasteiger charge is -2.13. The average Bonchev–Trinajstić information content (AvgIpc) is 2.73. The standard InChI is InChI=1S/C22H28N2O5S/c1-4-6-8-17-11-13-19(14-12-17)24-30(27,28)20-10-7-9-18(15-20)22(26)29-16(3)21(25)23-5-2/h7,9-16,24H,4-6,8H2,1-3H3,(H,23,25). The first-order valence-electron chi connectivity index (χ1n) is 9.97. The van der Waals surface area contributed by atoms with Gasteiger partial charge in [-0.2, -0.15) is 0 Å². The second-order valence-electron chi connectivity index (χ2n) is 6.88. The van der Waals surface area contributed by atoms with Crippen molar-refractivity contribution in [3.8, 4) is 0 Å². The predicted octanol–water partition coefficient (Wildman–Crippen LogP) is 3.51. The van der Waals surface area contributed by atoms with Gasteiger partial charge in [-0.15, -0.1) is 0 Å². The highest BCUT2D eigenvalue weighted by Gasteiger charge is 2.21. The zero-order chi connectivity index (χ0) is 22.1. The lowest BCUT2D eigenvalue weighted by molar-refractivity contribution is -0.128. The van der Waals surface area contributed by atoms with E-state index in [-0.39, 0.29) is 10.5 Å². The number of benzene rings is 2. The number of carbonyl (C=O) groups excluding carboxylic acids is 2. The lowest BCUT2D eigenvalue weighted by atomic mass is 10.1. The highest BCUT2D eigenvalue weighted by atomic mass is 32.2. The van der Waals surface area contributed by atoms with Crippen LogP contribution < -0.4 is 10.0 Å². The molecule has 0 fully saturated rings. The maximum absolute atomic E-state index is 12.7. The fraction of sp³-hybridized carbons (Fsp3) is 0.364. The number of aryl methyl sites for hydroxylation is 1. The normalized spacial score (nSPS) is 12.1. The van der Waals surface area contributed by atoms with Gasteiger partial charge in [0.2, 0.25) is 0 Å². The minimum absolute atomic E-state index is 0.0453. The second kappa shape index (κ2) is 10.8. The molecule has 1 unspecified atom stereocenters. The van der Waals surface area contributed by atoms with Crippen molar-refractivity contribution in [2.75, 3.05) is 11.3 Å². The summed E-state index contributed by atoms with van der Waals surface area (Å²) in [5.74, 6) is -1.19. The Morgan fingerprint density at radius 3 is 2.40 bits per heavy atom. The van der Waals surface area contributed by atoms with Crippen molar-refractivity contribution in [2.24, 2.45) is 0 Å². The van der Waals surface area contributed by atoms with Crippen LogP contribution in [0.2, 0.25) is 0 Å². The van der Waals surface area contributed by atoms with Crippen LogP contribution in [-0.2, 0) is 26.0 Å². The molecule has 2 rings (SSSR count). The van der Waals surface area contributed by atoms with Crippen LogP contribution in [0.15, 0.2) is 53.4 Å². The van der Waals surface area contributed by atoms with E-state index in [1.807, 2.05) is 12.1 Å². The third-order valence-electron chi connectivity index (χ3n) is 4.41. The first-order valence-corrected chi connectivity index (χ1v) is 11.5. The van der Waals surface area contributed by atoms with Gasteiger partial charge in [0.15, 0.2) is 6.10 Å². The third kappa shape index (κ3) is 6.59. The topological polar surface area (TPSA) is 102 Å². The summed E-state index contributed by atoms with van der Waals surface area (Å²) in [6.45, 7) is 5.74. The van der Waals surface area contributed by atoms with E-state index in [0.29, 0.717) is 12.2 Å². The van der Waals surface area contributed by atoms with Crippen molar-refractivity contribution in [1.29, 1.82) is 0 Å². The van der Waals surface area contributed by atoms with Crippen LogP contribution >= 0.6 is 0 Å². The monoisotopic (exact) mass is 432 g/mol. The fourth-order valence-electron chi connectivity index (χ4n) is 2.72. The predicted molar refractivity (Wildman–Crippen MR) is 116 cm³/mol. The number of amides is 1. The molecule has 0 saturated heterocycles. The molecule has 30 heavy (non-hydrogen) atoms. The number of esters is 1. The van der Waals surface area contributed by atoms with E-state index in [1.54, 1.807) is 19.1 Å². The number of anilines is 1. The summed E-state index contributed by atoms with van der Waals surface area (Å²) in [4.78, 5) is 24.0. The molecule has 0 aliphatic heterocycles. The van der Waals surface area contributed by atoms with Gasteiger partial charge in [-0.05, 0) is 62.6 Å². The summed E-state index contributed by atoms with van der Waals surface area (Å²) in [7, 11) is -3.89. The molecule has 0 saturated carbocycles. The Hall–Kier alpha value is -2.87. The van der Waals surface area contributed by atoms with Crippen LogP contribution in [0, 0.1) is 0 Å². The van der Waals surface area contributed by atoms with Crippen molar-refractivity contribution >= 4 is 27.6 Å². The van der Waals surface area contributed by atoms with E-state index in [1.165, 1.54) is 31.2 Å². The Morgan fingerprint density at radius 1 is 1.07 bits per heavy atom. The van der Waals surface area contributed by atoms with Crippen LogP contribution in [0.1, 0.15) is 49.5 Å². The number of sulfonamides is 1. The maximum Gasteiger partial charge on any atom is 0.338 e. The number of ether oxygens (including phenoxy) is 1. The van der Waals surface area contributed by atoms with E-state index in [4.69, 9.17) is 4.74 Å². The van der Waals surface area contributed by atoms with E-state index in [2.05, 4.69) is 17.0 Å². The van der Waals surface area contributed by atoms with E-state index in [9.17, 15) is 18.0 Å². The molecule has 2 aromatic carbocycles. The lowest BCUT2D eigenvalue weighted by Crippen LogP contribution is -2.35.